The molecular weight excluding hydrogens is 388 g/mol. The van der Waals surface area contributed by atoms with Crippen LogP contribution in [0.1, 0.15) is 24.1 Å². The molecule has 1 aliphatic rings. The Bertz CT molecular complexity index is 1070. The first-order valence-corrected chi connectivity index (χ1v) is 10.5. The van der Waals surface area contributed by atoms with Gasteiger partial charge >= 0.3 is 0 Å². The van der Waals surface area contributed by atoms with Crippen LogP contribution in [0.5, 0.6) is 0 Å². The van der Waals surface area contributed by atoms with Gasteiger partial charge in [0.05, 0.1) is 23.1 Å². The number of anilines is 3. The van der Waals surface area contributed by atoms with Crippen molar-refractivity contribution < 1.29 is 0 Å². The molecule has 0 spiro atoms. The van der Waals surface area contributed by atoms with Crippen LogP contribution >= 0.6 is 0 Å². The Morgan fingerprint density at radius 1 is 1.13 bits per heavy atom. The highest BCUT2D eigenvalue weighted by Gasteiger charge is 2.17. The lowest BCUT2D eigenvalue weighted by molar-refractivity contribution is 0.218. The summed E-state index contributed by atoms with van der Waals surface area (Å²) >= 11 is 0. The van der Waals surface area contributed by atoms with E-state index in [4.69, 9.17) is 0 Å². The zero-order valence-electron chi connectivity index (χ0n) is 17.8. The third-order valence-electron chi connectivity index (χ3n) is 5.61. The first kappa shape index (κ1) is 20.7. The molecule has 0 radical (unpaired) electrons. The lowest BCUT2D eigenvalue weighted by Gasteiger charge is -2.28. The summed E-state index contributed by atoms with van der Waals surface area (Å²) in [6, 6.07) is 9.81. The monoisotopic (exact) mass is 414 g/mol. The van der Waals surface area contributed by atoms with E-state index in [-0.39, 0.29) is 0 Å². The van der Waals surface area contributed by atoms with Gasteiger partial charge < -0.3 is 15.5 Å². The van der Waals surface area contributed by atoms with E-state index >= 15 is 0 Å². The number of pyridine rings is 2. The minimum Gasteiger partial charge on any atom is -0.372 e. The van der Waals surface area contributed by atoms with Gasteiger partial charge in [-0.05, 0) is 69.6 Å². The molecule has 0 aliphatic carbocycles. The van der Waals surface area contributed by atoms with Crippen molar-refractivity contribution in [3.63, 3.8) is 0 Å². The Morgan fingerprint density at radius 2 is 1.97 bits per heavy atom. The minimum absolute atomic E-state index is 0.470. The summed E-state index contributed by atoms with van der Waals surface area (Å²) in [4.78, 5) is 20.2. The maximum absolute atomic E-state index is 9.32. The van der Waals surface area contributed by atoms with E-state index in [0.29, 0.717) is 28.9 Å². The normalized spacial score (nSPS) is 14.7. The van der Waals surface area contributed by atoms with Gasteiger partial charge in [0.15, 0.2) is 0 Å². The Labute approximate surface area is 182 Å². The van der Waals surface area contributed by atoms with E-state index in [1.54, 1.807) is 31.6 Å². The highest BCUT2D eigenvalue weighted by Crippen LogP contribution is 2.23. The molecule has 1 aliphatic heterocycles. The number of piperidine rings is 1. The summed E-state index contributed by atoms with van der Waals surface area (Å²) < 4.78 is 0. The molecule has 3 aromatic heterocycles. The number of likely N-dealkylation sites (tertiary alicyclic amines) is 1. The molecule has 1 saturated heterocycles. The first-order chi connectivity index (χ1) is 15.1. The van der Waals surface area contributed by atoms with Gasteiger partial charge in [-0.2, -0.15) is 5.26 Å². The van der Waals surface area contributed by atoms with Gasteiger partial charge in [0.1, 0.15) is 11.9 Å². The standard InChI is InChI=1S/C23H26N8/c1-25-22-17(13-24)12-18(14-28-22)21-5-8-26-23(30-21)29-20-4-3-19(27-15-20)11-16-6-9-31(2)10-7-16/h3-5,8,12,14-16H,6-7,9-11H2,1-2H3,(H,25,28)(H,26,29,30). The molecule has 8 heteroatoms. The molecule has 0 bridgehead atoms. The molecule has 158 valence electrons. The fraction of sp³-hybridized carbons (Fsp3) is 0.348. The van der Waals surface area contributed by atoms with Crippen LogP contribution in [0.15, 0.2) is 42.9 Å². The maximum Gasteiger partial charge on any atom is 0.227 e. The van der Waals surface area contributed by atoms with Crippen molar-refractivity contribution in [2.75, 3.05) is 37.8 Å². The summed E-state index contributed by atoms with van der Waals surface area (Å²) in [5.41, 5.74) is 3.88. The SMILES string of the molecule is CNc1ncc(-c2ccnc(Nc3ccc(CC4CCN(C)CC4)nc3)n2)cc1C#N. The van der Waals surface area contributed by atoms with Crippen LogP contribution in [0.4, 0.5) is 17.5 Å². The molecule has 31 heavy (non-hydrogen) atoms. The predicted molar refractivity (Wildman–Crippen MR) is 121 cm³/mol. The summed E-state index contributed by atoms with van der Waals surface area (Å²) in [5.74, 6) is 1.73. The molecule has 0 unspecified atom stereocenters. The van der Waals surface area contributed by atoms with Crippen molar-refractivity contribution in [2.45, 2.75) is 19.3 Å². The summed E-state index contributed by atoms with van der Waals surface area (Å²) in [6.45, 7) is 2.34. The highest BCUT2D eigenvalue weighted by molar-refractivity contribution is 5.66. The van der Waals surface area contributed by atoms with Crippen LogP contribution in [0.25, 0.3) is 11.3 Å². The van der Waals surface area contributed by atoms with E-state index in [1.807, 2.05) is 12.3 Å². The van der Waals surface area contributed by atoms with E-state index in [0.717, 1.165) is 23.4 Å². The maximum atomic E-state index is 9.32. The minimum atomic E-state index is 0.470. The average Bonchev–Trinajstić information content (AvgIpc) is 2.81. The number of hydrogen-bond donors (Lipinski definition) is 2. The summed E-state index contributed by atoms with van der Waals surface area (Å²) in [5, 5.41) is 15.4. The third kappa shape index (κ3) is 5.13. The fourth-order valence-electron chi connectivity index (χ4n) is 3.78. The predicted octanol–water partition coefficient (Wildman–Crippen LogP) is 3.47. The Hall–Kier alpha value is -3.57. The zero-order chi connectivity index (χ0) is 21.6. The number of nitrogens with one attached hydrogen (secondary N) is 2. The smallest absolute Gasteiger partial charge is 0.227 e. The number of hydrogen-bond acceptors (Lipinski definition) is 8. The van der Waals surface area contributed by atoms with Crippen LogP contribution in [-0.4, -0.2) is 52.0 Å². The largest absolute Gasteiger partial charge is 0.372 e. The van der Waals surface area contributed by atoms with E-state index in [9.17, 15) is 5.26 Å². The average molecular weight is 415 g/mol. The van der Waals surface area contributed by atoms with E-state index in [1.165, 1.54) is 25.9 Å². The van der Waals surface area contributed by atoms with E-state index < -0.39 is 0 Å². The van der Waals surface area contributed by atoms with Crippen LogP contribution < -0.4 is 10.6 Å². The number of nitriles is 1. The first-order valence-electron chi connectivity index (χ1n) is 10.5. The Kier molecular flexibility index (Phi) is 6.34. The second kappa shape index (κ2) is 9.49. The lowest BCUT2D eigenvalue weighted by Crippen LogP contribution is -2.31. The lowest BCUT2D eigenvalue weighted by atomic mass is 9.92. The van der Waals surface area contributed by atoms with Gasteiger partial charge in [0, 0.05) is 30.7 Å². The van der Waals surface area contributed by atoms with Crippen LogP contribution in [-0.2, 0) is 6.42 Å². The molecule has 4 heterocycles. The number of aromatic nitrogens is 4. The van der Waals surface area contributed by atoms with Crippen molar-refractivity contribution in [3.05, 3.63) is 54.1 Å². The van der Waals surface area contributed by atoms with Crippen molar-refractivity contribution in [1.82, 2.24) is 24.8 Å². The van der Waals surface area contributed by atoms with Gasteiger partial charge in [-0.15, -0.1) is 0 Å². The molecule has 8 nitrogen and oxygen atoms in total. The molecule has 0 aromatic carbocycles. The molecule has 0 amide bonds. The quantitative estimate of drug-likeness (QED) is 0.632. The Balaban J connectivity index is 1.44. The second-order valence-corrected chi connectivity index (χ2v) is 7.86. The van der Waals surface area contributed by atoms with Crippen molar-refractivity contribution in [3.8, 4) is 17.3 Å². The van der Waals surface area contributed by atoms with E-state index in [2.05, 4.69) is 54.7 Å². The molecule has 2 N–H and O–H groups in total. The van der Waals surface area contributed by atoms with Crippen LogP contribution in [0, 0.1) is 17.2 Å². The molecule has 0 saturated carbocycles. The molecule has 0 atom stereocenters. The highest BCUT2D eigenvalue weighted by atomic mass is 15.1. The van der Waals surface area contributed by atoms with Gasteiger partial charge in [0.2, 0.25) is 5.95 Å². The zero-order valence-corrected chi connectivity index (χ0v) is 17.8. The van der Waals surface area contributed by atoms with Crippen molar-refractivity contribution >= 4 is 17.5 Å². The van der Waals surface area contributed by atoms with Gasteiger partial charge in [-0.25, -0.2) is 15.0 Å². The second-order valence-electron chi connectivity index (χ2n) is 7.86. The Morgan fingerprint density at radius 3 is 2.68 bits per heavy atom. The van der Waals surface area contributed by atoms with Crippen molar-refractivity contribution in [1.29, 1.82) is 5.26 Å². The molecular formula is C23H26N8. The van der Waals surface area contributed by atoms with Crippen molar-refractivity contribution in [2.24, 2.45) is 5.92 Å². The van der Waals surface area contributed by atoms with Gasteiger partial charge in [-0.3, -0.25) is 4.98 Å². The summed E-state index contributed by atoms with van der Waals surface area (Å²) in [7, 11) is 3.92. The molecule has 1 fully saturated rings. The third-order valence-corrected chi connectivity index (χ3v) is 5.61. The van der Waals surface area contributed by atoms with Gasteiger partial charge in [0.25, 0.3) is 0 Å². The van der Waals surface area contributed by atoms with Gasteiger partial charge in [-0.1, -0.05) is 0 Å². The van der Waals surface area contributed by atoms with Crippen LogP contribution in [0.2, 0.25) is 0 Å². The topological polar surface area (TPSA) is 103 Å². The number of nitrogens with zero attached hydrogens (tertiary/aromatic N) is 6. The fourth-order valence-corrected chi connectivity index (χ4v) is 3.78. The van der Waals surface area contributed by atoms with Crippen LogP contribution in [0.3, 0.4) is 0 Å². The molecule has 3 aromatic rings. The molecule has 4 rings (SSSR count). The number of rotatable bonds is 6. The summed E-state index contributed by atoms with van der Waals surface area (Å²) in [6.07, 6.45) is 8.70.